The number of unbranched alkanes of at least 4 members (excludes halogenated alkanes) is 43. The molecule has 0 bridgehead atoms. The minimum absolute atomic E-state index is 0.104. The third-order valence-electron chi connectivity index (χ3n) is 18.5. The van der Waals surface area contributed by atoms with Crippen LogP contribution in [-0.4, -0.2) is 96.7 Å². The van der Waals surface area contributed by atoms with E-state index >= 15 is 0 Å². The van der Waals surface area contributed by atoms with Gasteiger partial charge in [-0.3, -0.25) is 37.3 Å². The number of aliphatic hydroxyl groups excluding tert-OH is 1. The highest BCUT2D eigenvalue weighted by Gasteiger charge is 2.30. The molecule has 0 saturated heterocycles. The third kappa shape index (κ3) is 70.9. The lowest BCUT2D eigenvalue weighted by atomic mass is 9.99. The second kappa shape index (κ2) is 68.5. The number of aliphatic hydroxyl groups is 1. The van der Waals surface area contributed by atoms with Crippen molar-refractivity contribution in [2.75, 3.05) is 39.6 Å². The minimum Gasteiger partial charge on any atom is -0.462 e. The van der Waals surface area contributed by atoms with E-state index in [4.69, 9.17) is 37.0 Å². The van der Waals surface area contributed by atoms with Gasteiger partial charge in [0.15, 0.2) is 12.2 Å². The van der Waals surface area contributed by atoms with Crippen LogP contribution in [0.2, 0.25) is 0 Å². The van der Waals surface area contributed by atoms with Gasteiger partial charge < -0.3 is 33.8 Å². The van der Waals surface area contributed by atoms with E-state index in [0.717, 1.165) is 108 Å². The molecule has 0 aliphatic heterocycles. The molecule has 97 heavy (non-hydrogen) atoms. The van der Waals surface area contributed by atoms with Crippen molar-refractivity contribution >= 4 is 39.5 Å². The van der Waals surface area contributed by atoms with Crippen molar-refractivity contribution in [1.29, 1.82) is 0 Å². The molecule has 6 atom stereocenters. The van der Waals surface area contributed by atoms with Crippen LogP contribution in [0, 0.1) is 17.8 Å². The van der Waals surface area contributed by atoms with Crippen molar-refractivity contribution in [2.24, 2.45) is 17.8 Å². The van der Waals surface area contributed by atoms with E-state index in [1.54, 1.807) is 0 Å². The molecule has 3 N–H and O–H groups in total. The summed E-state index contributed by atoms with van der Waals surface area (Å²) in [5.74, 6) is 0.121. The number of hydrogen-bond donors (Lipinski definition) is 3. The van der Waals surface area contributed by atoms with E-state index in [1.165, 1.54) is 205 Å². The molecule has 0 aromatic carbocycles. The quantitative estimate of drug-likeness (QED) is 0.0222. The van der Waals surface area contributed by atoms with E-state index in [-0.39, 0.29) is 25.7 Å². The Hall–Kier alpha value is -1.94. The Labute approximate surface area is 594 Å². The number of carbonyl (C=O) groups excluding carboxylic acids is 4. The van der Waals surface area contributed by atoms with Crippen LogP contribution in [0.3, 0.4) is 0 Å². The Morgan fingerprint density at radius 3 is 0.784 bits per heavy atom. The van der Waals surface area contributed by atoms with Crippen LogP contribution in [-0.2, 0) is 65.4 Å². The predicted molar refractivity (Wildman–Crippen MR) is 395 cm³/mol. The average Bonchev–Trinajstić information content (AvgIpc) is 1.58. The second-order valence-electron chi connectivity index (χ2n) is 29.3. The summed E-state index contributed by atoms with van der Waals surface area (Å²) in [4.78, 5) is 72.8. The second-order valence-corrected chi connectivity index (χ2v) is 32.2. The average molecular weight is 1420 g/mol. The molecule has 0 aromatic heterocycles. The SMILES string of the molecule is CCCCCCCCCCCCCCCCCCCCCCC(=O)O[C@H](COC(=O)CCCCCCCCCCCCCCCC(C)C)COP(=O)(O)OC[C@@H](O)COP(=O)(O)OC[C@@H](COC(=O)CCCCCCCCC(C)C)OC(=O)CCCCCCCCCCC(C)CC. The largest absolute Gasteiger partial charge is 0.472 e. The van der Waals surface area contributed by atoms with E-state index < -0.39 is 97.5 Å². The zero-order valence-corrected chi connectivity index (χ0v) is 65.3. The van der Waals surface area contributed by atoms with Gasteiger partial charge >= 0.3 is 39.5 Å². The first-order valence-corrected chi connectivity index (χ1v) is 43.4. The fourth-order valence-electron chi connectivity index (χ4n) is 11.9. The number of esters is 4. The number of rotatable bonds is 76. The number of carbonyl (C=O) groups is 4. The van der Waals surface area contributed by atoms with Gasteiger partial charge in [0.25, 0.3) is 0 Å². The maximum absolute atomic E-state index is 13.1. The molecular weight excluding hydrogens is 1270 g/mol. The highest BCUT2D eigenvalue weighted by molar-refractivity contribution is 7.47. The summed E-state index contributed by atoms with van der Waals surface area (Å²) < 4.78 is 68.6. The molecule has 0 spiro atoms. The molecule has 0 rings (SSSR count). The molecule has 0 radical (unpaired) electrons. The van der Waals surface area contributed by atoms with Crippen molar-refractivity contribution in [3.63, 3.8) is 0 Å². The van der Waals surface area contributed by atoms with Crippen molar-refractivity contribution in [2.45, 2.75) is 420 Å². The van der Waals surface area contributed by atoms with Crippen LogP contribution in [0.4, 0.5) is 0 Å². The molecule has 0 aliphatic carbocycles. The van der Waals surface area contributed by atoms with Crippen molar-refractivity contribution < 1.29 is 80.2 Å². The normalized spacial score (nSPS) is 14.3. The van der Waals surface area contributed by atoms with Crippen LogP contribution in [0.25, 0.3) is 0 Å². The summed E-state index contributed by atoms with van der Waals surface area (Å²) in [6.45, 7) is 11.8. The maximum atomic E-state index is 13.1. The van der Waals surface area contributed by atoms with Gasteiger partial charge in [-0.05, 0) is 43.4 Å². The van der Waals surface area contributed by atoms with Gasteiger partial charge in [0.05, 0.1) is 26.4 Å². The molecule has 17 nitrogen and oxygen atoms in total. The van der Waals surface area contributed by atoms with E-state index in [0.29, 0.717) is 31.6 Å². The van der Waals surface area contributed by atoms with Crippen LogP contribution in [0.1, 0.15) is 402 Å². The fourth-order valence-corrected chi connectivity index (χ4v) is 13.5. The monoisotopic (exact) mass is 1420 g/mol. The van der Waals surface area contributed by atoms with Crippen molar-refractivity contribution in [1.82, 2.24) is 0 Å². The third-order valence-corrected chi connectivity index (χ3v) is 20.4. The Kier molecular flexibility index (Phi) is 67.1. The van der Waals surface area contributed by atoms with Crippen molar-refractivity contribution in [3.05, 3.63) is 0 Å². The lowest BCUT2D eigenvalue weighted by molar-refractivity contribution is -0.161. The van der Waals surface area contributed by atoms with E-state index in [2.05, 4.69) is 48.5 Å². The first-order chi connectivity index (χ1) is 46.8. The Morgan fingerprint density at radius 2 is 0.526 bits per heavy atom. The molecule has 576 valence electrons. The van der Waals surface area contributed by atoms with Crippen LogP contribution < -0.4 is 0 Å². The van der Waals surface area contributed by atoms with Crippen LogP contribution in [0.15, 0.2) is 0 Å². The van der Waals surface area contributed by atoms with Gasteiger partial charge in [0, 0.05) is 25.7 Å². The molecule has 0 heterocycles. The Balaban J connectivity index is 5.22. The Morgan fingerprint density at radius 1 is 0.299 bits per heavy atom. The summed E-state index contributed by atoms with van der Waals surface area (Å²) in [6, 6.07) is 0. The molecule has 3 unspecified atom stereocenters. The summed E-state index contributed by atoms with van der Waals surface area (Å²) in [7, 11) is -9.91. The molecule has 19 heteroatoms. The molecule has 0 aliphatic rings. The number of phosphoric ester groups is 2. The predicted octanol–water partition coefficient (Wildman–Crippen LogP) is 23.0. The van der Waals surface area contributed by atoms with E-state index in [9.17, 15) is 43.2 Å². The molecule has 0 aromatic rings. The standard InChI is InChI=1S/C78H152O17P2/c1-8-10-11-12-13-14-15-16-17-18-19-20-21-22-25-29-32-38-47-54-61-77(82)94-73(65-88-75(80)59-52-45-37-31-28-26-23-24-27-30-35-42-49-56-69(3)4)67-92-96(84,85)90-63-72(79)64-91-97(86,87)93-68-74(66-89-76(81)60-53-46-41-40-43-50-57-70(5)6)95-78(83)62-55-48-39-34-33-36-44-51-58-71(7)9-2/h69-74,79H,8-68H2,1-7H3,(H,84,85)(H,86,87)/t71?,72-,73-,74-/m1/s1. The highest BCUT2D eigenvalue weighted by Crippen LogP contribution is 2.45. The van der Waals surface area contributed by atoms with E-state index in [1.807, 2.05) is 0 Å². The lowest BCUT2D eigenvalue weighted by Crippen LogP contribution is -2.30. The summed E-state index contributed by atoms with van der Waals surface area (Å²) in [5, 5.41) is 10.6. The summed E-state index contributed by atoms with van der Waals surface area (Å²) >= 11 is 0. The minimum atomic E-state index is -4.96. The number of ether oxygens (including phenoxy) is 4. The first kappa shape index (κ1) is 95.1. The van der Waals surface area contributed by atoms with Gasteiger partial charge in [0.1, 0.15) is 19.3 Å². The highest BCUT2D eigenvalue weighted by atomic mass is 31.2. The van der Waals surface area contributed by atoms with Crippen LogP contribution >= 0.6 is 15.6 Å². The van der Waals surface area contributed by atoms with Gasteiger partial charge in [-0.15, -0.1) is 0 Å². The van der Waals surface area contributed by atoms with Gasteiger partial charge in [-0.1, -0.05) is 350 Å². The molecule has 0 saturated carbocycles. The molecule has 0 amide bonds. The van der Waals surface area contributed by atoms with Gasteiger partial charge in [-0.25, -0.2) is 9.13 Å². The Bertz CT molecular complexity index is 1890. The lowest BCUT2D eigenvalue weighted by Gasteiger charge is -2.21. The number of hydrogen-bond acceptors (Lipinski definition) is 15. The molecular formula is C78H152O17P2. The van der Waals surface area contributed by atoms with Gasteiger partial charge in [-0.2, -0.15) is 0 Å². The zero-order chi connectivity index (χ0) is 71.6. The fraction of sp³-hybridized carbons (Fsp3) is 0.949. The molecule has 0 fully saturated rings. The van der Waals surface area contributed by atoms with Gasteiger partial charge in [0.2, 0.25) is 0 Å². The first-order valence-electron chi connectivity index (χ1n) is 40.4. The number of phosphoric acid groups is 2. The topological polar surface area (TPSA) is 237 Å². The maximum Gasteiger partial charge on any atom is 0.472 e. The summed E-state index contributed by atoms with van der Waals surface area (Å²) in [6.07, 6.45) is 55.7. The summed E-state index contributed by atoms with van der Waals surface area (Å²) in [5.41, 5.74) is 0. The van der Waals surface area contributed by atoms with Crippen LogP contribution in [0.5, 0.6) is 0 Å². The zero-order valence-electron chi connectivity index (χ0n) is 63.5. The smallest absolute Gasteiger partial charge is 0.462 e. The van der Waals surface area contributed by atoms with Crippen molar-refractivity contribution in [3.8, 4) is 0 Å².